The van der Waals surface area contributed by atoms with Gasteiger partial charge in [-0.1, -0.05) is 12.1 Å². The maximum atomic E-state index is 12.1. The van der Waals surface area contributed by atoms with Crippen LogP contribution >= 0.6 is 0 Å². The molecule has 166 valence electrons. The zero-order valence-electron chi connectivity index (χ0n) is 18.2. The first kappa shape index (κ1) is 20.6. The number of amides is 1. The molecule has 1 aliphatic carbocycles. The molecule has 3 heterocycles. The fourth-order valence-electron chi connectivity index (χ4n) is 4.07. The SMILES string of the molecule is CN(c1ccncc1N(C=O)Cc1nc(OCC2CCOC2)c2ccccc2n1)C1CC1. The van der Waals surface area contributed by atoms with Crippen LogP contribution in [-0.4, -0.2) is 54.3 Å². The highest BCUT2D eigenvalue weighted by Crippen LogP contribution is 2.36. The number of rotatable bonds is 9. The maximum absolute atomic E-state index is 12.1. The number of fused-ring (bicyclic) bond motifs is 1. The number of benzene rings is 1. The molecule has 1 amide bonds. The molecule has 0 radical (unpaired) electrons. The zero-order valence-corrected chi connectivity index (χ0v) is 18.2. The van der Waals surface area contributed by atoms with Gasteiger partial charge in [0.05, 0.1) is 48.2 Å². The lowest BCUT2D eigenvalue weighted by Gasteiger charge is -2.26. The first-order valence-electron chi connectivity index (χ1n) is 11.1. The Morgan fingerprint density at radius 2 is 2.03 bits per heavy atom. The average molecular weight is 434 g/mol. The van der Waals surface area contributed by atoms with Gasteiger partial charge in [-0.25, -0.2) is 4.98 Å². The topological polar surface area (TPSA) is 80.7 Å². The van der Waals surface area contributed by atoms with E-state index in [9.17, 15) is 4.79 Å². The smallest absolute Gasteiger partial charge is 0.224 e. The van der Waals surface area contributed by atoms with Crippen LogP contribution in [0, 0.1) is 5.92 Å². The first-order chi connectivity index (χ1) is 15.7. The van der Waals surface area contributed by atoms with Gasteiger partial charge in [0.1, 0.15) is 0 Å². The Morgan fingerprint density at radius 3 is 2.81 bits per heavy atom. The summed E-state index contributed by atoms with van der Waals surface area (Å²) in [4.78, 5) is 29.6. The highest BCUT2D eigenvalue weighted by molar-refractivity contribution is 5.85. The molecule has 8 heteroatoms. The Kier molecular flexibility index (Phi) is 5.85. The summed E-state index contributed by atoms with van der Waals surface area (Å²) in [5.74, 6) is 1.44. The van der Waals surface area contributed by atoms with Crippen LogP contribution < -0.4 is 14.5 Å². The van der Waals surface area contributed by atoms with Crippen molar-refractivity contribution in [2.45, 2.75) is 31.8 Å². The van der Waals surface area contributed by atoms with Crippen molar-refractivity contribution in [3.8, 4) is 5.88 Å². The van der Waals surface area contributed by atoms with E-state index < -0.39 is 0 Å². The summed E-state index contributed by atoms with van der Waals surface area (Å²) in [6, 6.07) is 10.2. The van der Waals surface area contributed by atoms with Crippen molar-refractivity contribution in [1.29, 1.82) is 0 Å². The summed E-state index contributed by atoms with van der Waals surface area (Å²) in [5.41, 5.74) is 2.52. The molecule has 0 N–H and O–H groups in total. The zero-order chi connectivity index (χ0) is 21.9. The van der Waals surface area contributed by atoms with Crippen LogP contribution in [0.1, 0.15) is 25.1 Å². The lowest BCUT2D eigenvalue weighted by molar-refractivity contribution is -0.107. The van der Waals surface area contributed by atoms with Crippen LogP contribution in [0.25, 0.3) is 10.9 Å². The normalized spacial score (nSPS) is 18.0. The molecule has 0 bridgehead atoms. The van der Waals surface area contributed by atoms with E-state index in [1.165, 1.54) is 12.8 Å². The number of anilines is 2. The van der Waals surface area contributed by atoms with E-state index in [1.807, 2.05) is 30.3 Å². The summed E-state index contributed by atoms with van der Waals surface area (Å²) in [6.45, 7) is 2.28. The Balaban J connectivity index is 1.43. The van der Waals surface area contributed by atoms with E-state index in [0.29, 0.717) is 36.9 Å². The van der Waals surface area contributed by atoms with Gasteiger partial charge >= 0.3 is 0 Å². The highest BCUT2D eigenvalue weighted by Gasteiger charge is 2.29. The largest absolute Gasteiger partial charge is 0.477 e. The van der Waals surface area contributed by atoms with Gasteiger partial charge in [-0.15, -0.1) is 0 Å². The van der Waals surface area contributed by atoms with Crippen molar-refractivity contribution in [2.75, 3.05) is 36.7 Å². The van der Waals surface area contributed by atoms with Gasteiger partial charge in [0.2, 0.25) is 12.3 Å². The number of carbonyl (C=O) groups excluding carboxylic acids is 1. The van der Waals surface area contributed by atoms with Gasteiger partial charge in [0.15, 0.2) is 5.82 Å². The minimum absolute atomic E-state index is 0.231. The van der Waals surface area contributed by atoms with E-state index in [0.717, 1.165) is 41.7 Å². The minimum atomic E-state index is 0.231. The Labute approximate surface area is 187 Å². The van der Waals surface area contributed by atoms with Crippen LogP contribution in [0.2, 0.25) is 0 Å². The second kappa shape index (κ2) is 9.08. The van der Waals surface area contributed by atoms with Crippen LogP contribution in [0.4, 0.5) is 11.4 Å². The second-order valence-electron chi connectivity index (χ2n) is 8.44. The van der Waals surface area contributed by atoms with Crippen LogP contribution in [-0.2, 0) is 16.1 Å². The molecular weight excluding hydrogens is 406 g/mol. The van der Waals surface area contributed by atoms with E-state index in [1.54, 1.807) is 17.3 Å². The second-order valence-corrected chi connectivity index (χ2v) is 8.44. The highest BCUT2D eigenvalue weighted by atomic mass is 16.5. The Morgan fingerprint density at radius 1 is 1.16 bits per heavy atom. The van der Waals surface area contributed by atoms with Crippen LogP contribution in [0.5, 0.6) is 5.88 Å². The molecule has 1 unspecified atom stereocenters. The van der Waals surface area contributed by atoms with Crippen molar-refractivity contribution in [3.63, 3.8) is 0 Å². The molecule has 0 spiro atoms. The predicted octanol–water partition coefficient (Wildman–Crippen LogP) is 3.20. The Bertz CT molecular complexity index is 1100. The first-order valence-corrected chi connectivity index (χ1v) is 11.1. The monoisotopic (exact) mass is 433 g/mol. The van der Waals surface area contributed by atoms with E-state index in [2.05, 4.69) is 21.9 Å². The number of para-hydroxylation sites is 1. The summed E-state index contributed by atoms with van der Waals surface area (Å²) >= 11 is 0. The van der Waals surface area contributed by atoms with Crippen molar-refractivity contribution in [3.05, 3.63) is 48.5 Å². The third-order valence-corrected chi connectivity index (χ3v) is 6.10. The molecule has 5 rings (SSSR count). The number of nitrogens with zero attached hydrogens (tertiary/aromatic N) is 5. The number of carbonyl (C=O) groups is 1. The molecule has 1 aromatic carbocycles. The van der Waals surface area contributed by atoms with Gasteiger partial charge in [-0.3, -0.25) is 9.78 Å². The summed E-state index contributed by atoms with van der Waals surface area (Å²) in [5, 5.41) is 0.864. The van der Waals surface area contributed by atoms with Gasteiger partial charge < -0.3 is 19.3 Å². The molecule has 1 aliphatic heterocycles. The summed E-state index contributed by atoms with van der Waals surface area (Å²) in [6.07, 6.45) is 7.62. The Hall–Kier alpha value is -3.26. The molecule has 2 fully saturated rings. The van der Waals surface area contributed by atoms with Crippen LogP contribution in [0.15, 0.2) is 42.7 Å². The van der Waals surface area contributed by atoms with Gasteiger partial charge in [0, 0.05) is 31.8 Å². The standard InChI is InChI=1S/C24H27N5O3/c1-28(18-6-7-18)21-8-10-25-12-22(21)29(16-30)13-23-26-20-5-3-2-4-19(20)24(27-23)32-15-17-9-11-31-14-17/h2-5,8,10,12,16-18H,6-7,9,11,13-15H2,1H3. The number of hydrogen-bond acceptors (Lipinski definition) is 7. The number of ether oxygens (including phenoxy) is 2. The van der Waals surface area contributed by atoms with Crippen molar-refractivity contribution in [2.24, 2.45) is 5.92 Å². The molecular formula is C24H27N5O3. The van der Waals surface area contributed by atoms with E-state index in [-0.39, 0.29) is 6.54 Å². The quantitative estimate of drug-likeness (QED) is 0.479. The molecule has 2 aliphatic rings. The fraction of sp³-hybridized carbons (Fsp3) is 0.417. The van der Waals surface area contributed by atoms with Gasteiger partial charge in [-0.05, 0) is 37.5 Å². The maximum Gasteiger partial charge on any atom is 0.224 e. The minimum Gasteiger partial charge on any atom is -0.477 e. The van der Waals surface area contributed by atoms with Gasteiger partial charge in [0.25, 0.3) is 0 Å². The van der Waals surface area contributed by atoms with Gasteiger partial charge in [-0.2, -0.15) is 4.98 Å². The third kappa shape index (κ3) is 4.36. The molecule has 3 aromatic rings. The molecule has 1 saturated heterocycles. The predicted molar refractivity (Wildman–Crippen MR) is 122 cm³/mol. The number of hydrogen-bond donors (Lipinski definition) is 0. The fourth-order valence-corrected chi connectivity index (χ4v) is 4.07. The molecule has 1 atom stereocenters. The van der Waals surface area contributed by atoms with Crippen molar-refractivity contribution < 1.29 is 14.3 Å². The number of aromatic nitrogens is 3. The average Bonchev–Trinajstić information content (AvgIpc) is 3.56. The van der Waals surface area contributed by atoms with E-state index in [4.69, 9.17) is 14.5 Å². The summed E-state index contributed by atoms with van der Waals surface area (Å²) < 4.78 is 11.6. The molecule has 2 aromatic heterocycles. The molecule has 8 nitrogen and oxygen atoms in total. The molecule has 32 heavy (non-hydrogen) atoms. The lowest BCUT2D eigenvalue weighted by atomic mass is 10.1. The van der Waals surface area contributed by atoms with E-state index >= 15 is 0 Å². The lowest BCUT2D eigenvalue weighted by Crippen LogP contribution is -2.27. The summed E-state index contributed by atoms with van der Waals surface area (Å²) in [7, 11) is 2.06. The molecule has 1 saturated carbocycles. The van der Waals surface area contributed by atoms with Crippen molar-refractivity contribution in [1.82, 2.24) is 15.0 Å². The number of pyridine rings is 1. The third-order valence-electron chi connectivity index (χ3n) is 6.10. The van der Waals surface area contributed by atoms with Crippen molar-refractivity contribution >= 4 is 28.7 Å². The van der Waals surface area contributed by atoms with Crippen LogP contribution in [0.3, 0.4) is 0 Å².